The zero-order chi connectivity index (χ0) is 20.3. The lowest BCUT2D eigenvalue weighted by atomic mass is 9.86. The van der Waals surface area contributed by atoms with Crippen LogP contribution in [-0.2, 0) is 14.4 Å². The first-order valence-electron chi connectivity index (χ1n) is 8.52. The predicted molar refractivity (Wildman–Crippen MR) is 98.1 cm³/mol. The van der Waals surface area contributed by atoms with E-state index in [1.54, 1.807) is 31.2 Å². The molecule has 9 heteroatoms. The Morgan fingerprint density at radius 3 is 2.36 bits per heavy atom. The molecule has 0 amide bonds. The van der Waals surface area contributed by atoms with Gasteiger partial charge in [-0.2, -0.15) is 0 Å². The fourth-order valence-electron chi connectivity index (χ4n) is 3.06. The van der Waals surface area contributed by atoms with E-state index < -0.39 is 22.9 Å². The molecule has 3 rings (SSSR count). The summed E-state index contributed by atoms with van der Waals surface area (Å²) in [5.41, 5.74) is 1.16. The minimum Gasteiger partial charge on any atom is -0.497 e. The maximum atomic E-state index is 12.5. The third-order valence-corrected chi connectivity index (χ3v) is 4.37. The molecule has 9 nitrogen and oxygen atoms in total. The fraction of sp³-hybridized carbons (Fsp3) is 0.263. The van der Waals surface area contributed by atoms with E-state index in [2.05, 4.69) is 0 Å². The Bertz CT molecular complexity index is 907. The number of hydrogen-bond acceptors (Lipinski definition) is 7. The third kappa shape index (κ3) is 3.59. The monoisotopic (exact) mass is 386 g/mol. The van der Waals surface area contributed by atoms with E-state index >= 15 is 0 Å². The smallest absolute Gasteiger partial charge is 0.326 e. The number of non-ortho nitro benzene ring substituents is 1. The van der Waals surface area contributed by atoms with Crippen molar-refractivity contribution >= 4 is 17.4 Å². The lowest BCUT2D eigenvalue weighted by Gasteiger charge is -2.18. The SMILES string of the molecule is CCOC(=O)C1O[N+]([O-])=C(c2ccc(OC)cc2)C1c1ccc([N+](=O)[O-])cc1. The maximum Gasteiger partial charge on any atom is 0.326 e. The number of hydrogen-bond donors (Lipinski definition) is 0. The summed E-state index contributed by atoms with van der Waals surface area (Å²) in [6.07, 6.45) is -1.20. The molecule has 0 spiro atoms. The quantitative estimate of drug-likeness (QED) is 0.324. The highest BCUT2D eigenvalue weighted by molar-refractivity contribution is 6.05. The molecule has 0 saturated heterocycles. The first-order valence-corrected chi connectivity index (χ1v) is 8.52. The van der Waals surface area contributed by atoms with Crippen LogP contribution >= 0.6 is 0 Å². The van der Waals surface area contributed by atoms with Crippen LogP contribution in [0.3, 0.4) is 0 Å². The van der Waals surface area contributed by atoms with Gasteiger partial charge in [0.25, 0.3) is 11.4 Å². The molecule has 2 unspecified atom stereocenters. The Hall–Kier alpha value is -3.62. The van der Waals surface area contributed by atoms with Crippen molar-refractivity contribution in [3.8, 4) is 5.75 Å². The molecule has 0 radical (unpaired) electrons. The molecule has 0 bridgehead atoms. The summed E-state index contributed by atoms with van der Waals surface area (Å²) >= 11 is 0. The summed E-state index contributed by atoms with van der Waals surface area (Å²) in [4.78, 5) is 28.3. The number of rotatable bonds is 6. The minimum absolute atomic E-state index is 0.0969. The van der Waals surface area contributed by atoms with Crippen molar-refractivity contribution in [3.05, 3.63) is 75.0 Å². The van der Waals surface area contributed by atoms with Crippen molar-refractivity contribution in [1.82, 2.24) is 0 Å². The molecule has 28 heavy (non-hydrogen) atoms. The highest BCUT2D eigenvalue weighted by atomic mass is 16.9. The zero-order valence-electron chi connectivity index (χ0n) is 15.2. The van der Waals surface area contributed by atoms with Crippen molar-refractivity contribution in [3.63, 3.8) is 0 Å². The minimum atomic E-state index is -1.20. The number of carbonyl (C=O) groups is 1. The standard InChI is InChI=1S/C19H18N2O7/c1-3-27-19(22)18-16(12-4-8-14(9-5-12)20(23)24)17(21(25)28-18)13-6-10-15(26-2)11-7-13/h4-11,16,18H,3H2,1-2H3. The molecule has 2 atom stereocenters. The van der Waals surface area contributed by atoms with Crippen LogP contribution in [0.5, 0.6) is 5.75 Å². The molecule has 2 aromatic rings. The Kier molecular flexibility index (Phi) is 5.44. The number of nitro groups is 1. The van der Waals surface area contributed by atoms with Gasteiger partial charge in [0.05, 0.1) is 18.6 Å². The second kappa shape index (κ2) is 7.95. The number of methoxy groups -OCH3 is 1. The first kappa shape index (κ1) is 19.2. The summed E-state index contributed by atoms with van der Waals surface area (Å²) in [5.74, 6) is -0.865. The Labute approximate surface area is 160 Å². The lowest BCUT2D eigenvalue weighted by molar-refractivity contribution is -0.737. The summed E-state index contributed by atoms with van der Waals surface area (Å²) < 4.78 is 10.2. The molecule has 2 aromatic carbocycles. The molecule has 1 aliphatic rings. The third-order valence-electron chi connectivity index (χ3n) is 4.37. The lowest BCUT2D eigenvalue weighted by Crippen LogP contribution is -2.31. The van der Waals surface area contributed by atoms with Gasteiger partial charge in [0, 0.05) is 22.6 Å². The predicted octanol–water partition coefficient (Wildman–Crippen LogP) is 2.56. The van der Waals surface area contributed by atoms with Gasteiger partial charge < -0.3 is 14.3 Å². The van der Waals surface area contributed by atoms with Crippen molar-refractivity contribution < 1.29 is 28.9 Å². The number of esters is 1. The Balaban J connectivity index is 2.05. The highest BCUT2D eigenvalue weighted by Gasteiger charge is 2.46. The average Bonchev–Trinajstić information content (AvgIpc) is 3.05. The van der Waals surface area contributed by atoms with E-state index in [9.17, 15) is 20.1 Å². The van der Waals surface area contributed by atoms with Gasteiger partial charge >= 0.3 is 5.97 Å². The summed E-state index contributed by atoms with van der Waals surface area (Å²) in [5, 5.41) is 23.4. The van der Waals surface area contributed by atoms with E-state index in [-0.39, 0.29) is 18.0 Å². The molecule has 0 aliphatic carbocycles. The van der Waals surface area contributed by atoms with Gasteiger partial charge in [-0.1, -0.05) is 12.1 Å². The number of benzene rings is 2. The van der Waals surface area contributed by atoms with Crippen LogP contribution in [-0.4, -0.2) is 41.3 Å². The molecule has 0 aromatic heterocycles. The molecule has 1 aliphatic heterocycles. The van der Waals surface area contributed by atoms with Crippen LogP contribution in [0.4, 0.5) is 5.69 Å². The summed E-state index contributed by atoms with van der Waals surface area (Å²) in [6, 6.07) is 12.3. The number of nitrogens with zero attached hydrogens (tertiary/aromatic N) is 2. The van der Waals surface area contributed by atoms with Crippen molar-refractivity contribution in [1.29, 1.82) is 0 Å². The van der Waals surface area contributed by atoms with E-state index in [0.717, 1.165) is 0 Å². The number of carbonyl (C=O) groups excluding carboxylic acids is 1. The topological polar surface area (TPSA) is 114 Å². The maximum absolute atomic E-state index is 12.5. The van der Waals surface area contributed by atoms with Crippen LogP contribution in [0.15, 0.2) is 48.5 Å². The van der Waals surface area contributed by atoms with Crippen molar-refractivity contribution in [2.45, 2.75) is 18.9 Å². The average molecular weight is 386 g/mol. The van der Waals surface area contributed by atoms with Gasteiger partial charge in [0.1, 0.15) is 11.7 Å². The Morgan fingerprint density at radius 2 is 1.82 bits per heavy atom. The highest BCUT2D eigenvalue weighted by Crippen LogP contribution is 2.34. The van der Waals surface area contributed by atoms with Crippen LogP contribution in [0.2, 0.25) is 0 Å². The van der Waals surface area contributed by atoms with E-state index in [1.807, 2.05) is 0 Å². The Morgan fingerprint density at radius 1 is 1.18 bits per heavy atom. The summed E-state index contributed by atoms with van der Waals surface area (Å²) in [6.45, 7) is 1.78. The van der Waals surface area contributed by atoms with Gasteiger partial charge in [-0.15, -0.1) is 0 Å². The van der Waals surface area contributed by atoms with Gasteiger partial charge in [-0.3, -0.25) is 20.1 Å². The first-order chi connectivity index (χ1) is 13.5. The van der Waals surface area contributed by atoms with Crippen molar-refractivity contribution in [2.75, 3.05) is 13.7 Å². The van der Waals surface area contributed by atoms with Gasteiger partial charge in [-0.25, -0.2) is 0 Å². The van der Waals surface area contributed by atoms with Gasteiger partial charge in [-0.05, 0) is 36.8 Å². The second-order valence-corrected chi connectivity index (χ2v) is 5.98. The van der Waals surface area contributed by atoms with Gasteiger partial charge in [0.15, 0.2) is 6.10 Å². The van der Waals surface area contributed by atoms with E-state index in [1.165, 1.54) is 31.4 Å². The molecule has 1 heterocycles. The number of ether oxygens (including phenoxy) is 2. The van der Waals surface area contributed by atoms with E-state index in [0.29, 0.717) is 21.8 Å². The largest absolute Gasteiger partial charge is 0.497 e. The molecular formula is C19H18N2O7. The summed E-state index contributed by atoms with van der Waals surface area (Å²) in [7, 11) is 1.52. The second-order valence-electron chi connectivity index (χ2n) is 5.98. The zero-order valence-corrected chi connectivity index (χ0v) is 15.2. The normalized spacial score (nSPS) is 18.5. The van der Waals surface area contributed by atoms with Crippen LogP contribution in [0, 0.1) is 15.3 Å². The van der Waals surface area contributed by atoms with Gasteiger partial charge in [0.2, 0.25) is 0 Å². The fourth-order valence-corrected chi connectivity index (χ4v) is 3.06. The molecule has 0 fully saturated rings. The molecule has 0 saturated carbocycles. The molecular weight excluding hydrogens is 368 g/mol. The van der Waals surface area contributed by atoms with Crippen molar-refractivity contribution in [2.24, 2.45) is 0 Å². The molecule has 0 N–H and O–H groups in total. The van der Waals surface area contributed by atoms with Crippen LogP contribution in [0.25, 0.3) is 0 Å². The number of nitro benzene ring substituents is 1. The van der Waals surface area contributed by atoms with Crippen LogP contribution in [0.1, 0.15) is 24.0 Å². The molecule has 146 valence electrons. The van der Waals surface area contributed by atoms with Crippen LogP contribution < -0.4 is 4.74 Å². The van der Waals surface area contributed by atoms with E-state index in [4.69, 9.17) is 14.3 Å².